The van der Waals surface area contributed by atoms with Crippen molar-refractivity contribution in [3.8, 4) is 11.6 Å². The van der Waals surface area contributed by atoms with Gasteiger partial charge in [0, 0.05) is 33.7 Å². The number of nitrogens with one attached hydrogen (secondary N) is 2. The molecule has 0 unspecified atom stereocenters. The Morgan fingerprint density at radius 2 is 1.78 bits per heavy atom. The molecule has 0 radical (unpaired) electrons. The second-order valence-electron chi connectivity index (χ2n) is 8.62. The molecule has 3 aromatic carbocycles. The van der Waals surface area contributed by atoms with Crippen molar-refractivity contribution < 1.29 is 9.50 Å². The first-order valence-electron chi connectivity index (χ1n) is 11.5. The van der Waals surface area contributed by atoms with Gasteiger partial charge in [-0.25, -0.2) is 13.8 Å². The zero-order valence-electron chi connectivity index (χ0n) is 19.8. The molecule has 186 valence electrons. The molecule has 0 saturated carbocycles. The molecule has 0 fully saturated rings. The van der Waals surface area contributed by atoms with Crippen LogP contribution in [0.1, 0.15) is 22.3 Å². The van der Waals surface area contributed by atoms with Crippen LogP contribution in [0.5, 0.6) is 5.88 Å². The van der Waals surface area contributed by atoms with Crippen LogP contribution in [0.15, 0.2) is 92.0 Å². The van der Waals surface area contributed by atoms with Gasteiger partial charge in [0.15, 0.2) is 0 Å². The summed E-state index contributed by atoms with van der Waals surface area (Å²) < 4.78 is 15.6. The molecule has 0 aliphatic carbocycles. The van der Waals surface area contributed by atoms with Crippen molar-refractivity contribution in [3.05, 3.63) is 126 Å². The van der Waals surface area contributed by atoms with Gasteiger partial charge in [-0.3, -0.25) is 14.8 Å². The highest BCUT2D eigenvalue weighted by Gasteiger charge is 2.21. The Morgan fingerprint density at radius 3 is 2.51 bits per heavy atom. The quantitative estimate of drug-likeness (QED) is 0.254. The minimum absolute atomic E-state index is 0.114. The molecule has 5 aromatic rings. The van der Waals surface area contributed by atoms with E-state index in [0.29, 0.717) is 17.7 Å². The predicted molar refractivity (Wildman–Crippen MR) is 146 cm³/mol. The van der Waals surface area contributed by atoms with E-state index in [1.807, 2.05) is 37.4 Å². The fraction of sp³-hybridized carbons (Fsp3) is 0.107. The van der Waals surface area contributed by atoms with Crippen molar-refractivity contribution in [1.82, 2.24) is 14.5 Å². The third kappa shape index (κ3) is 4.90. The van der Waals surface area contributed by atoms with E-state index in [1.165, 1.54) is 12.1 Å². The van der Waals surface area contributed by atoms with Crippen molar-refractivity contribution >= 4 is 32.5 Å². The van der Waals surface area contributed by atoms with Crippen LogP contribution in [0, 0.1) is 12.7 Å². The highest BCUT2D eigenvalue weighted by molar-refractivity contribution is 9.10. The summed E-state index contributed by atoms with van der Waals surface area (Å²) in [5.74, 6) is -0.839. The average molecular weight is 561 g/mol. The molecule has 2 heterocycles. The summed E-state index contributed by atoms with van der Waals surface area (Å²) in [6.07, 6.45) is 2.27. The van der Waals surface area contributed by atoms with Crippen molar-refractivity contribution in [2.75, 3.05) is 6.54 Å². The van der Waals surface area contributed by atoms with Crippen molar-refractivity contribution in [1.29, 1.82) is 0 Å². The van der Waals surface area contributed by atoms with Crippen LogP contribution in [-0.2, 0) is 6.42 Å². The van der Waals surface area contributed by atoms with Crippen LogP contribution in [0.2, 0.25) is 0 Å². The van der Waals surface area contributed by atoms with E-state index >= 15 is 0 Å². The van der Waals surface area contributed by atoms with Gasteiger partial charge in [-0.2, -0.15) is 0 Å². The van der Waals surface area contributed by atoms with Gasteiger partial charge >= 0.3 is 5.69 Å². The summed E-state index contributed by atoms with van der Waals surface area (Å²) in [7, 11) is 0. The monoisotopic (exact) mass is 560 g/mol. The second-order valence-corrected chi connectivity index (χ2v) is 9.54. The Balaban J connectivity index is 1.61. The number of aliphatic imine (C=N–C) groups is 1. The first-order valence-corrected chi connectivity index (χ1v) is 12.3. The molecular formula is C28H22BrFN4O3. The lowest BCUT2D eigenvalue weighted by Crippen LogP contribution is -2.33. The van der Waals surface area contributed by atoms with Crippen LogP contribution < -0.4 is 11.2 Å². The molecule has 7 nitrogen and oxygen atoms in total. The maximum atomic E-state index is 13.8. The predicted octanol–water partition coefficient (Wildman–Crippen LogP) is 5.00. The normalized spacial score (nSPS) is 11.8. The summed E-state index contributed by atoms with van der Waals surface area (Å²) in [6, 6.07) is 18.7. The van der Waals surface area contributed by atoms with Crippen molar-refractivity contribution in [3.63, 3.8) is 0 Å². The van der Waals surface area contributed by atoms with E-state index < -0.39 is 17.1 Å². The molecule has 37 heavy (non-hydrogen) atoms. The lowest BCUT2D eigenvalue weighted by Gasteiger charge is -2.14. The third-order valence-electron chi connectivity index (χ3n) is 6.11. The number of H-pyrrole nitrogens is 2. The number of hydrogen-bond acceptors (Lipinski definition) is 4. The summed E-state index contributed by atoms with van der Waals surface area (Å²) in [5, 5.41) is 12.0. The molecule has 9 heteroatoms. The van der Waals surface area contributed by atoms with Gasteiger partial charge in [-0.15, -0.1) is 0 Å². The minimum atomic E-state index is -0.766. The number of nitrogens with zero attached hydrogens (tertiary/aromatic N) is 2. The van der Waals surface area contributed by atoms with E-state index in [0.717, 1.165) is 31.1 Å². The maximum Gasteiger partial charge on any atom is 0.335 e. The lowest BCUT2D eigenvalue weighted by atomic mass is 10.0. The topological polar surface area (TPSA) is 103 Å². The first kappa shape index (κ1) is 24.5. The van der Waals surface area contributed by atoms with E-state index in [4.69, 9.17) is 4.99 Å². The first-order chi connectivity index (χ1) is 17.8. The van der Waals surface area contributed by atoms with Gasteiger partial charge in [-0.1, -0.05) is 45.8 Å². The van der Waals surface area contributed by atoms with Gasteiger partial charge in [0.1, 0.15) is 11.4 Å². The van der Waals surface area contributed by atoms with Crippen LogP contribution >= 0.6 is 15.9 Å². The fourth-order valence-corrected chi connectivity index (χ4v) is 4.50. The zero-order valence-corrected chi connectivity index (χ0v) is 21.3. The molecule has 2 aromatic heterocycles. The highest BCUT2D eigenvalue weighted by Crippen LogP contribution is 2.23. The number of fused-ring (bicyclic) bond motifs is 1. The molecular weight excluding hydrogens is 539 g/mol. The Bertz CT molecular complexity index is 1750. The molecule has 0 atom stereocenters. The molecule has 0 spiro atoms. The Kier molecular flexibility index (Phi) is 6.62. The molecule has 3 N–H and O–H groups in total. The smallest absolute Gasteiger partial charge is 0.335 e. The van der Waals surface area contributed by atoms with Gasteiger partial charge in [0.2, 0.25) is 5.88 Å². The molecule has 0 saturated heterocycles. The molecule has 0 bridgehead atoms. The third-order valence-corrected chi connectivity index (χ3v) is 6.64. The van der Waals surface area contributed by atoms with Gasteiger partial charge < -0.3 is 10.1 Å². The van der Waals surface area contributed by atoms with Crippen LogP contribution in [0.25, 0.3) is 16.6 Å². The number of aryl methyl sites for hydroxylation is 1. The van der Waals surface area contributed by atoms with E-state index in [-0.39, 0.29) is 23.6 Å². The Hall–Kier alpha value is -4.24. The minimum Gasteiger partial charge on any atom is -0.493 e. The van der Waals surface area contributed by atoms with Gasteiger partial charge in [0.05, 0.1) is 11.4 Å². The number of rotatable bonds is 6. The Labute approximate surface area is 219 Å². The van der Waals surface area contributed by atoms with Crippen LogP contribution in [0.3, 0.4) is 0 Å². The highest BCUT2D eigenvalue weighted by atomic mass is 79.9. The van der Waals surface area contributed by atoms with Crippen molar-refractivity contribution in [2.24, 2.45) is 4.99 Å². The van der Waals surface area contributed by atoms with E-state index in [1.54, 1.807) is 30.3 Å². The summed E-state index contributed by atoms with van der Waals surface area (Å²) in [4.78, 5) is 35.8. The number of aromatic amines is 2. The maximum absolute atomic E-state index is 13.8. The lowest BCUT2D eigenvalue weighted by molar-refractivity contribution is 0.430. The fourth-order valence-electron chi connectivity index (χ4n) is 4.24. The summed E-state index contributed by atoms with van der Waals surface area (Å²) in [5.41, 5.74) is 2.31. The van der Waals surface area contributed by atoms with E-state index in [2.05, 4.69) is 25.9 Å². The number of aromatic hydroxyl groups is 1. The summed E-state index contributed by atoms with van der Waals surface area (Å²) in [6.45, 7) is 2.19. The van der Waals surface area contributed by atoms with Crippen LogP contribution in [-0.4, -0.2) is 31.9 Å². The SMILES string of the molecule is Cc1ccc(C(=NCCc2c[nH]c3ccc(F)cc23)c2c(O)n(-c3ccc(Br)cc3)c(=O)[nH]c2=O)cc1. The Morgan fingerprint density at radius 1 is 1.05 bits per heavy atom. The van der Waals surface area contributed by atoms with Gasteiger partial charge in [-0.05, 0) is 61.4 Å². The average Bonchev–Trinajstić information content (AvgIpc) is 3.26. The van der Waals surface area contributed by atoms with Gasteiger partial charge in [0.25, 0.3) is 5.56 Å². The zero-order chi connectivity index (χ0) is 26.1. The van der Waals surface area contributed by atoms with Crippen molar-refractivity contribution in [2.45, 2.75) is 13.3 Å². The largest absolute Gasteiger partial charge is 0.493 e. The molecule has 5 rings (SSSR count). The standard InChI is InChI=1S/C28H22BrFN4O3/c1-16-2-4-17(5-3-16)25(31-13-12-18-15-32-23-11-8-20(30)14-22(18)23)24-26(35)33-28(37)34(27(24)36)21-9-6-19(29)7-10-21/h2-11,14-15,32,36H,12-13H2,1H3,(H,33,35,37). The molecule has 0 aliphatic rings. The second kappa shape index (κ2) is 10.0. The molecule has 0 aliphatic heterocycles. The van der Waals surface area contributed by atoms with E-state index in [9.17, 15) is 19.1 Å². The number of hydrogen-bond donors (Lipinski definition) is 3. The summed E-state index contributed by atoms with van der Waals surface area (Å²) >= 11 is 3.35. The number of benzene rings is 3. The molecule has 0 amide bonds. The number of aromatic nitrogens is 3. The number of halogens is 2. The van der Waals surface area contributed by atoms with Crippen LogP contribution in [0.4, 0.5) is 4.39 Å².